The van der Waals surface area contributed by atoms with Crippen molar-refractivity contribution in [2.75, 3.05) is 7.05 Å². The van der Waals surface area contributed by atoms with Crippen LogP contribution in [-0.2, 0) is 0 Å². The molecule has 1 nitrogen and oxygen atoms in total. The van der Waals surface area contributed by atoms with Crippen LogP contribution >= 0.6 is 15.9 Å². The van der Waals surface area contributed by atoms with E-state index in [4.69, 9.17) is 0 Å². The van der Waals surface area contributed by atoms with Crippen LogP contribution in [0.2, 0.25) is 0 Å². The molecular formula is C18H24BrN. The van der Waals surface area contributed by atoms with Gasteiger partial charge in [0.25, 0.3) is 0 Å². The number of rotatable bonds is 3. The summed E-state index contributed by atoms with van der Waals surface area (Å²) in [7, 11) is 2.15. The lowest BCUT2D eigenvalue weighted by Crippen LogP contribution is -2.49. The summed E-state index contributed by atoms with van der Waals surface area (Å²) in [6.07, 6.45) is 7.57. The Morgan fingerprint density at radius 1 is 0.950 bits per heavy atom. The monoisotopic (exact) mass is 333 g/mol. The number of nitrogens with one attached hydrogen (secondary N) is 1. The van der Waals surface area contributed by atoms with Crippen molar-refractivity contribution in [3.8, 4) is 0 Å². The number of halogens is 1. The average molecular weight is 334 g/mol. The first-order valence-electron chi connectivity index (χ1n) is 8.17. The SMILES string of the molecule is CNC(c1ccc(Br)cc1)C1C2CC3CC(C2)CC1C3. The van der Waals surface area contributed by atoms with Gasteiger partial charge in [0.1, 0.15) is 0 Å². The van der Waals surface area contributed by atoms with Gasteiger partial charge >= 0.3 is 0 Å². The van der Waals surface area contributed by atoms with Crippen molar-refractivity contribution in [3.05, 3.63) is 34.3 Å². The third kappa shape index (κ3) is 2.16. The van der Waals surface area contributed by atoms with E-state index in [9.17, 15) is 0 Å². The van der Waals surface area contributed by atoms with Gasteiger partial charge < -0.3 is 5.32 Å². The molecule has 0 saturated heterocycles. The first-order valence-corrected chi connectivity index (χ1v) is 8.96. The molecule has 20 heavy (non-hydrogen) atoms. The number of benzene rings is 1. The Morgan fingerprint density at radius 2 is 1.50 bits per heavy atom. The lowest BCUT2D eigenvalue weighted by Gasteiger charge is -2.56. The van der Waals surface area contributed by atoms with Crippen molar-refractivity contribution in [2.24, 2.45) is 29.6 Å². The first-order chi connectivity index (χ1) is 9.74. The van der Waals surface area contributed by atoms with E-state index in [-0.39, 0.29) is 0 Å². The summed E-state index contributed by atoms with van der Waals surface area (Å²) < 4.78 is 1.18. The van der Waals surface area contributed by atoms with Gasteiger partial charge in [0.15, 0.2) is 0 Å². The minimum atomic E-state index is 0.554. The van der Waals surface area contributed by atoms with Crippen LogP contribution in [0.25, 0.3) is 0 Å². The Labute approximate surface area is 130 Å². The molecule has 4 bridgehead atoms. The second-order valence-corrected chi connectivity index (χ2v) is 8.24. The van der Waals surface area contributed by atoms with E-state index < -0.39 is 0 Å². The molecule has 4 aliphatic rings. The summed E-state index contributed by atoms with van der Waals surface area (Å²) >= 11 is 3.55. The van der Waals surface area contributed by atoms with Crippen molar-refractivity contribution in [1.82, 2.24) is 5.32 Å². The molecule has 1 atom stereocenters. The van der Waals surface area contributed by atoms with Crippen molar-refractivity contribution < 1.29 is 0 Å². The summed E-state index contributed by atoms with van der Waals surface area (Å²) in [6.45, 7) is 0. The fourth-order valence-corrected chi connectivity index (χ4v) is 6.03. The van der Waals surface area contributed by atoms with Crippen LogP contribution in [0, 0.1) is 29.6 Å². The summed E-state index contributed by atoms with van der Waals surface area (Å²) in [5.74, 6) is 4.96. The minimum Gasteiger partial charge on any atom is -0.313 e. The van der Waals surface area contributed by atoms with E-state index in [1.807, 2.05) is 0 Å². The lowest BCUT2D eigenvalue weighted by atomic mass is 9.50. The second-order valence-electron chi connectivity index (χ2n) is 7.33. The summed E-state index contributed by atoms with van der Waals surface area (Å²) in [5.41, 5.74) is 1.48. The Bertz CT molecular complexity index is 453. The maximum absolute atomic E-state index is 3.65. The van der Waals surface area contributed by atoms with Gasteiger partial charge in [-0.3, -0.25) is 0 Å². The van der Waals surface area contributed by atoms with Gasteiger partial charge in [-0.05, 0) is 86.4 Å². The molecule has 0 heterocycles. The highest BCUT2D eigenvalue weighted by Crippen LogP contribution is 2.59. The molecule has 5 rings (SSSR count). The molecule has 4 saturated carbocycles. The molecule has 1 aromatic rings. The molecule has 108 valence electrons. The third-order valence-electron chi connectivity index (χ3n) is 6.22. The Morgan fingerprint density at radius 3 is 2.00 bits per heavy atom. The van der Waals surface area contributed by atoms with Gasteiger partial charge in [-0.25, -0.2) is 0 Å². The molecule has 0 spiro atoms. The highest BCUT2D eigenvalue weighted by atomic mass is 79.9. The molecule has 1 unspecified atom stereocenters. The van der Waals surface area contributed by atoms with E-state index in [0.717, 1.165) is 29.6 Å². The van der Waals surface area contributed by atoms with Gasteiger partial charge in [0, 0.05) is 10.5 Å². The van der Waals surface area contributed by atoms with E-state index in [1.165, 1.54) is 35.7 Å². The van der Waals surface area contributed by atoms with Gasteiger partial charge in [0.2, 0.25) is 0 Å². The predicted octanol–water partition coefficient (Wildman–Crippen LogP) is 4.78. The Hall–Kier alpha value is -0.340. The second kappa shape index (κ2) is 5.14. The summed E-state index contributed by atoms with van der Waals surface area (Å²) in [5, 5.41) is 3.65. The normalized spacial score (nSPS) is 40.0. The molecule has 4 fully saturated rings. The maximum Gasteiger partial charge on any atom is 0.0351 e. The lowest BCUT2D eigenvalue weighted by molar-refractivity contribution is -0.0515. The molecule has 0 aliphatic heterocycles. The molecule has 1 aromatic carbocycles. The zero-order valence-electron chi connectivity index (χ0n) is 12.2. The Balaban J connectivity index is 1.63. The number of hydrogen-bond donors (Lipinski definition) is 1. The Kier molecular flexibility index (Phi) is 3.42. The van der Waals surface area contributed by atoms with Crippen LogP contribution < -0.4 is 5.32 Å². The minimum absolute atomic E-state index is 0.554. The summed E-state index contributed by atoms with van der Waals surface area (Å²) in [6, 6.07) is 9.54. The molecule has 4 aliphatic carbocycles. The molecule has 1 N–H and O–H groups in total. The van der Waals surface area contributed by atoms with Crippen LogP contribution in [-0.4, -0.2) is 7.05 Å². The van der Waals surface area contributed by atoms with Gasteiger partial charge in [-0.2, -0.15) is 0 Å². The smallest absolute Gasteiger partial charge is 0.0351 e. The largest absolute Gasteiger partial charge is 0.313 e. The van der Waals surface area contributed by atoms with Crippen molar-refractivity contribution >= 4 is 15.9 Å². The zero-order chi connectivity index (χ0) is 13.7. The first kappa shape index (κ1) is 13.3. The van der Waals surface area contributed by atoms with E-state index >= 15 is 0 Å². The van der Waals surface area contributed by atoms with Gasteiger partial charge in [-0.15, -0.1) is 0 Å². The van der Waals surface area contributed by atoms with Gasteiger partial charge in [0.05, 0.1) is 0 Å². The van der Waals surface area contributed by atoms with Crippen LogP contribution in [0.5, 0.6) is 0 Å². The molecule has 0 amide bonds. The maximum atomic E-state index is 3.65. The topological polar surface area (TPSA) is 12.0 Å². The molecule has 0 radical (unpaired) electrons. The van der Waals surface area contributed by atoms with Crippen molar-refractivity contribution in [3.63, 3.8) is 0 Å². The fourth-order valence-electron chi connectivity index (χ4n) is 5.76. The van der Waals surface area contributed by atoms with Crippen LogP contribution in [0.3, 0.4) is 0 Å². The molecular weight excluding hydrogens is 310 g/mol. The van der Waals surface area contributed by atoms with Crippen LogP contribution in [0.1, 0.15) is 43.7 Å². The van der Waals surface area contributed by atoms with Gasteiger partial charge in [-0.1, -0.05) is 28.1 Å². The van der Waals surface area contributed by atoms with Crippen molar-refractivity contribution in [1.29, 1.82) is 0 Å². The third-order valence-corrected chi connectivity index (χ3v) is 6.75. The molecule has 2 heteroatoms. The summed E-state index contributed by atoms with van der Waals surface area (Å²) in [4.78, 5) is 0. The number of hydrogen-bond acceptors (Lipinski definition) is 1. The standard InChI is InChI=1S/C18H24BrN/c1-20-18(13-2-4-16(19)5-3-13)17-14-7-11-6-12(9-14)10-15(17)8-11/h2-5,11-12,14-15,17-18,20H,6-10H2,1H3. The van der Waals surface area contributed by atoms with Crippen molar-refractivity contribution in [2.45, 2.75) is 38.1 Å². The van der Waals surface area contributed by atoms with E-state index in [2.05, 4.69) is 52.6 Å². The highest BCUT2D eigenvalue weighted by Gasteiger charge is 2.50. The van der Waals surface area contributed by atoms with Crippen LogP contribution in [0.15, 0.2) is 28.7 Å². The van der Waals surface area contributed by atoms with E-state index in [1.54, 1.807) is 6.42 Å². The predicted molar refractivity (Wildman–Crippen MR) is 86.5 cm³/mol. The fraction of sp³-hybridized carbons (Fsp3) is 0.667. The quantitative estimate of drug-likeness (QED) is 0.839. The highest BCUT2D eigenvalue weighted by molar-refractivity contribution is 9.10. The van der Waals surface area contributed by atoms with E-state index in [0.29, 0.717) is 6.04 Å². The average Bonchev–Trinajstić information content (AvgIpc) is 2.43. The van der Waals surface area contributed by atoms with Crippen LogP contribution in [0.4, 0.5) is 0 Å². The molecule has 0 aromatic heterocycles. The zero-order valence-corrected chi connectivity index (χ0v) is 13.8.